The summed E-state index contributed by atoms with van der Waals surface area (Å²) in [6, 6.07) is 4.70. The molecule has 5 heteroatoms. The molecule has 2 rings (SSSR count). The lowest BCUT2D eigenvalue weighted by atomic mass is 10.1. The van der Waals surface area contributed by atoms with Crippen molar-refractivity contribution < 1.29 is 0 Å². The van der Waals surface area contributed by atoms with Crippen molar-refractivity contribution in [2.45, 2.75) is 53.1 Å². The fourth-order valence-electron chi connectivity index (χ4n) is 2.57. The molecule has 0 aromatic carbocycles. The number of likely N-dealkylation sites (N-methyl/N-ethyl adjacent to an activating group) is 1. The highest BCUT2D eigenvalue weighted by molar-refractivity contribution is 7.12. The molecular weight excluding hydrogens is 302 g/mol. The summed E-state index contributed by atoms with van der Waals surface area (Å²) < 4.78 is 2.05. The number of aryl methyl sites for hydroxylation is 3. The molecule has 0 fully saturated rings. The third-order valence-corrected chi connectivity index (χ3v) is 5.20. The maximum atomic E-state index is 6.54. The second-order valence-corrected chi connectivity index (χ2v) is 6.84. The van der Waals surface area contributed by atoms with Gasteiger partial charge >= 0.3 is 0 Å². The molecule has 0 aliphatic heterocycles. The molecule has 2 aromatic rings. The van der Waals surface area contributed by atoms with Gasteiger partial charge in [-0.1, -0.05) is 25.4 Å². The van der Waals surface area contributed by atoms with Crippen LogP contribution in [0.3, 0.4) is 0 Å². The highest BCUT2D eigenvalue weighted by atomic mass is 35.5. The second kappa shape index (κ2) is 7.43. The molecule has 116 valence electrons. The van der Waals surface area contributed by atoms with Gasteiger partial charge in [-0.3, -0.25) is 4.68 Å². The summed E-state index contributed by atoms with van der Waals surface area (Å²) in [5, 5.41) is 9.04. The van der Waals surface area contributed by atoms with Crippen LogP contribution >= 0.6 is 22.9 Å². The second-order valence-electron chi connectivity index (χ2n) is 5.14. The number of thiophene rings is 1. The normalized spacial score (nSPS) is 12.8. The molecule has 1 N–H and O–H groups in total. The van der Waals surface area contributed by atoms with E-state index in [2.05, 4.69) is 50.2 Å². The number of rotatable bonds is 7. The molecule has 0 bridgehead atoms. The molecule has 3 nitrogen and oxygen atoms in total. The van der Waals surface area contributed by atoms with Gasteiger partial charge in [0.05, 0.1) is 16.4 Å². The Kier molecular flexibility index (Phi) is 5.85. The Bertz CT molecular complexity index is 588. The van der Waals surface area contributed by atoms with Crippen LogP contribution < -0.4 is 5.32 Å². The SMILES string of the molecule is CCNC(Cc1c(Cl)c(CC)nn1CC)c1ccc(C)s1. The molecule has 0 saturated carbocycles. The van der Waals surface area contributed by atoms with Crippen LogP contribution in [-0.4, -0.2) is 16.3 Å². The number of nitrogens with one attached hydrogen (secondary N) is 1. The maximum absolute atomic E-state index is 6.54. The van der Waals surface area contributed by atoms with Crippen LogP contribution in [0.1, 0.15) is 48.0 Å². The Morgan fingerprint density at radius 1 is 1.33 bits per heavy atom. The third-order valence-electron chi connectivity index (χ3n) is 3.65. The molecule has 1 unspecified atom stereocenters. The number of nitrogens with zero attached hydrogens (tertiary/aromatic N) is 2. The minimum atomic E-state index is 0.304. The lowest BCUT2D eigenvalue weighted by Crippen LogP contribution is -2.23. The monoisotopic (exact) mass is 325 g/mol. The van der Waals surface area contributed by atoms with Crippen molar-refractivity contribution in [3.8, 4) is 0 Å². The molecule has 1 atom stereocenters. The zero-order valence-electron chi connectivity index (χ0n) is 13.2. The summed E-state index contributed by atoms with van der Waals surface area (Å²) in [6.07, 6.45) is 1.76. The molecule has 2 heterocycles. The predicted molar refractivity (Wildman–Crippen MR) is 91.5 cm³/mol. The first-order chi connectivity index (χ1) is 10.1. The summed E-state index contributed by atoms with van der Waals surface area (Å²) in [4.78, 5) is 2.71. The molecule has 0 aliphatic rings. The topological polar surface area (TPSA) is 29.9 Å². The van der Waals surface area contributed by atoms with Crippen LogP contribution in [0.2, 0.25) is 5.02 Å². The lowest BCUT2D eigenvalue weighted by molar-refractivity contribution is 0.522. The number of hydrogen-bond donors (Lipinski definition) is 1. The van der Waals surface area contributed by atoms with Gasteiger partial charge in [0.25, 0.3) is 0 Å². The first-order valence-corrected chi connectivity index (χ1v) is 8.83. The molecular formula is C16H24ClN3S. The Labute approximate surface area is 136 Å². The summed E-state index contributed by atoms with van der Waals surface area (Å²) in [5.74, 6) is 0. The van der Waals surface area contributed by atoms with Gasteiger partial charge in [-0.2, -0.15) is 5.10 Å². The molecule has 21 heavy (non-hydrogen) atoms. The van der Waals surface area contributed by atoms with Gasteiger partial charge in [0, 0.05) is 28.8 Å². The van der Waals surface area contributed by atoms with E-state index in [0.717, 1.165) is 42.3 Å². The van der Waals surface area contributed by atoms with E-state index in [0.29, 0.717) is 6.04 Å². The smallest absolute Gasteiger partial charge is 0.0850 e. The lowest BCUT2D eigenvalue weighted by Gasteiger charge is -2.17. The van der Waals surface area contributed by atoms with Gasteiger partial charge in [0.15, 0.2) is 0 Å². The zero-order chi connectivity index (χ0) is 15.4. The molecule has 2 aromatic heterocycles. The van der Waals surface area contributed by atoms with Crippen LogP contribution in [0.15, 0.2) is 12.1 Å². The largest absolute Gasteiger partial charge is 0.309 e. The van der Waals surface area contributed by atoms with Crippen molar-refractivity contribution in [2.24, 2.45) is 0 Å². The van der Waals surface area contributed by atoms with Crippen LogP contribution in [0, 0.1) is 6.92 Å². The minimum absolute atomic E-state index is 0.304. The van der Waals surface area contributed by atoms with Crippen molar-refractivity contribution in [3.63, 3.8) is 0 Å². The Hall–Kier alpha value is -0.840. The highest BCUT2D eigenvalue weighted by Gasteiger charge is 2.20. The highest BCUT2D eigenvalue weighted by Crippen LogP contribution is 2.30. The minimum Gasteiger partial charge on any atom is -0.309 e. The standard InChI is InChI=1S/C16H24ClN3S/c1-5-12-16(17)14(20(7-3)19-12)10-13(18-6-2)15-9-8-11(4)21-15/h8-9,13,18H,5-7,10H2,1-4H3. The van der Waals surface area contributed by atoms with E-state index in [1.165, 1.54) is 9.75 Å². The third kappa shape index (κ3) is 3.68. The average Bonchev–Trinajstić information content (AvgIpc) is 3.03. The fraction of sp³-hybridized carbons (Fsp3) is 0.562. The van der Waals surface area contributed by atoms with Crippen molar-refractivity contribution in [2.75, 3.05) is 6.54 Å². The van der Waals surface area contributed by atoms with E-state index < -0.39 is 0 Å². The van der Waals surface area contributed by atoms with Gasteiger partial charge in [-0.15, -0.1) is 11.3 Å². The van der Waals surface area contributed by atoms with Gasteiger partial charge in [-0.25, -0.2) is 0 Å². The Morgan fingerprint density at radius 3 is 2.62 bits per heavy atom. The summed E-state index contributed by atoms with van der Waals surface area (Å²) in [7, 11) is 0. The summed E-state index contributed by atoms with van der Waals surface area (Å²) in [6.45, 7) is 10.3. The molecule has 0 saturated heterocycles. The summed E-state index contributed by atoms with van der Waals surface area (Å²) >= 11 is 8.39. The quantitative estimate of drug-likeness (QED) is 0.818. The van der Waals surface area contributed by atoms with E-state index in [1.807, 2.05) is 16.0 Å². The van der Waals surface area contributed by atoms with Crippen LogP contribution in [-0.2, 0) is 19.4 Å². The van der Waals surface area contributed by atoms with Gasteiger partial charge in [0.2, 0.25) is 0 Å². The van der Waals surface area contributed by atoms with E-state index >= 15 is 0 Å². The van der Waals surface area contributed by atoms with Crippen molar-refractivity contribution in [1.82, 2.24) is 15.1 Å². The Morgan fingerprint density at radius 2 is 2.10 bits per heavy atom. The van der Waals surface area contributed by atoms with Crippen molar-refractivity contribution in [1.29, 1.82) is 0 Å². The predicted octanol–water partition coefficient (Wildman–Crippen LogP) is 4.38. The van der Waals surface area contributed by atoms with E-state index in [4.69, 9.17) is 11.6 Å². The van der Waals surface area contributed by atoms with Crippen LogP contribution in [0.5, 0.6) is 0 Å². The molecule has 0 aliphatic carbocycles. The summed E-state index contributed by atoms with van der Waals surface area (Å²) in [5.41, 5.74) is 2.15. The fourth-order valence-corrected chi connectivity index (χ4v) is 3.87. The number of aromatic nitrogens is 2. The van der Waals surface area contributed by atoms with Gasteiger partial charge < -0.3 is 5.32 Å². The number of halogens is 1. The van der Waals surface area contributed by atoms with Crippen LogP contribution in [0.25, 0.3) is 0 Å². The van der Waals surface area contributed by atoms with E-state index in [1.54, 1.807) is 0 Å². The molecule has 0 amide bonds. The average molecular weight is 326 g/mol. The van der Waals surface area contributed by atoms with Crippen molar-refractivity contribution >= 4 is 22.9 Å². The maximum Gasteiger partial charge on any atom is 0.0850 e. The number of hydrogen-bond acceptors (Lipinski definition) is 3. The van der Waals surface area contributed by atoms with Crippen molar-refractivity contribution in [3.05, 3.63) is 38.3 Å². The van der Waals surface area contributed by atoms with Gasteiger partial charge in [-0.05, 0) is 38.9 Å². The first kappa shape index (κ1) is 16.5. The molecule has 0 radical (unpaired) electrons. The van der Waals surface area contributed by atoms with E-state index in [9.17, 15) is 0 Å². The zero-order valence-corrected chi connectivity index (χ0v) is 14.8. The van der Waals surface area contributed by atoms with Crippen LogP contribution in [0.4, 0.5) is 0 Å². The van der Waals surface area contributed by atoms with E-state index in [-0.39, 0.29) is 0 Å². The first-order valence-electron chi connectivity index (χ1n) is 7.64. The Balaban J connectivity index is 2.30. The van der Waals surface area contributed by atoms with Gasteiger partial charge in [0.1, 0.15) is 0 Å². The molecule has 0 spiro atoms.